The molecule has 0 N–H and O–H groups in total. The number of benzene rings is 5. The van der Waals surface area contributed by atoms with E-state index in [-0.39, 0.29) is 0 Å². The summed E-state index contributed by atoms with van der Waals surface area (Å²) in [5.74, 6) is 2.76. The third kappa shape index (κ3) is 7.48. The van der Waals surface area contributed by atoms with Gasteiger partial charge in [-0.2, -0.15) is 0 Å². The molecule has 5 aromatic carbocycles. The topological polar surface area (TPSA) is 72.5 Å². The highest BCUT2D eigenvalue weighted by Crippen LogP contribution is 2.43. The van der Waals surface area contributed by atoms with E-state index in [1.165, 1.54) is 0 Å². The van der Waals surface area contributed by atoms with Crippen molar-refractivity contribution < 1.29 is 32.6 Å². The monoisotopic (exact) mass is 690 g/mol. The van der Waals surface area contributed by atoms with Crippen LogP contribution in [0.5, 0.6) is 23.0 Å². The molecule has 1 atom stereocenters. The van der Waals surface area contributed by atoms with Crippen molar-refractivity contribution in [1.82, 2.24) is 0 Å². The van der Waals surface area contributed by atoms with Crippen LogP contribution >= 0.6 is 0 Å². The second-order valence-corrected chi connectivity index (χ2v) is 13.5. The van der Waals surface area contributed by atoms with Crippen molar-refractivity contribution in [3.8, 4) is 45.3 Å². The lowest BCUT2D eigenvalue weighted by molar-refractivity contribution is -0.183. The predicted octanol–water partition coefficient (Wildman–Crippen LogP) is 9.44. The van der Waals surface area contributed by atoms with Crippen LogP contribution < -0.4 is 18.9 Å². The van der Waals surface area contributed by atoms with Gasteiger partial charge in [-0.15, -0.1) is 0 Å². The van der Waals surface area contributed by atoms with Gasteiger partial charge in [0.25, 0.3) is 0 Å². The van der Waals surface area contributed by atoms with Crippen LogP contribution in [-0.2, 0) is 20.3 Å². The summed E-state index contributed by atoms with van der Waals surface area (Å²) in [7, 11) is 5.15. The van der Waals surface area contributed by atoms with E-state index >= 15 is 0 Å². The molecular weight excluding hydrogens is 649 g/mol. The van der Waals surface area contributed by atoms with Crippen molar-refractivity contribution >= 4 is 23.0 Å². The number of rotatable bonds is 11. The van der Waals surface area contributed by atoms with Crippen LogP contribution in [0.15, 0.2) is 101 Å². The lowest BCUT2D eigenvalue weighted by Gasteiger charge is -2.24. The Labute approximate surface area is 296 Å². The van der Waals surface area contributed by atoms with Crippen LogP contribution in [0.4, 0.5) is 0 Å². The zero-order valence-corrected chi connectivity index (χ0v) is 30.1. The zero-order chi connectivity index (χ0) is 35.2. The highest BCUT2D eigenvalue weighted by Gasteiger charge is 2.22. The molecule has 1 unspecified atom stereocenters. The molecule has 0 bridgehead atoms. The maximum Gasteiger partial charge on any atom is 0.183 e. The third-order valence-electron chi connectivity index (χ3n) is 8.68. The number of methoxy groups -OCH3 is 4. The van der Waals surface area contributed by atoms with Crippen molar-refractivity contribution in [3.05, 3.63) is 119 Å². The Hall–Kier alpha value is -4.89. The van der Waals surface area contributed by atoms with E-state index < -0.39 is 17.1 Å². The Morgan fingerprint density at radius 1 is 0.640 bits per heavy atom. The minimum absolute atomic E-state index is 0.432. The summed E-state index contributed by atoms with van der Waals surface area (Å²) < 4.78 is 49.2. The van der Waals surface area contributed by atoms with Crippen molar-refractivity contribution in [2.24, 2.45) is 0 Å². The zero-order valence-electron chi connectivity index (χ0n) is 29.3. The fourth-order valence-electron chi connectivity index (χ4n) is 6.10. The first-order valence-corrected chi connectivity index (χ1v) is 17.6. The second kappa shape index (κ2) is 15.8. The van der Waals surface area contributed by atoms with E-state index in [2.05, 4.69) is 6.07 Å². The van der Waals surface area contributed by atoms with Gasteiger partial charge >= 0.3 is 0 Å². The molecule has 5 aromatic rings. The summed E-state index contributed by atoms with van der Waals surface area (Å²) in [6.07, 6.45) is 4.53. The fourth-order valence-corrected chi connectivity index (χ4v) is 7.43. The minimum atomic E-state index is -1.46. The number of hydrogen-bond donors (Lipinski definition) is 0. The van der Waals surface area contributed by atoms with Gasteiger partial charge < -0.3 is 28.4 Å². The van der Waals surface area contributed by atoms with Crippen molar-refractivity contribution in [3.63, 3.8) is 0 Å². The van der Waals surface area contributed by atoms with E-state index in [4.69, 9.17) is 28.4 Å². The van der Waals surface area contributed by atoms with Gasteiger partial charge in [-0.05, 0) is 109 Å². The Morgan fingerprint density at radius 2 is 1.32 bits per heavy atom. The Balaban J connectivity index is 1.45. The molecule has 1 heterocycles. The van der Waals surface area contributed by atoms with Gasteiger partial charge in [0.05, 0.1) is 57.3 Å². The third-order valence-corrected chi connectivity index (χ3v) is 10.1. The van der Waals surface area contributed by atoms with Crippen LogP contribution in [0.3, 0.4) is 0 Å². The van der Waals surface area contributed by atoms with E-state index in [1.807, 2.05) is 111 Å². The molecule has 7 nitrogen and oxygen atoms in total. The quantitative estimate of drug-likeness (QED) is 0.128. The highest BCUT2D eigenvalue weighted by atomic mass is 32.2. The van der Waals surface area contributed by atoms with Gasteiger partial charge in [0.1, 0.15) is 23.0 Å². The summed E-state index contributed by atoms with van der Waals surface area (Å²) in [6.45, 7) is 5.31. The van der Waals surface area contributed by atoms with Crippen molar-refractivity contribution in [2.45, 2.75) is 36.3 Å². The molecule has 50 heavy (non-hydrogen) atoms. The SMILES string of the molecule is COc1ccc(-c2c(OC)cc(C)cc2S(=O)c2ccc(C)cc2)c(/C=C/c2ccc(OC)c(-c3cc(C4OCCCO4)ccc3OC)c2)c1. The molecule has 1 aliphatic heterocycles. The largest absolute Gasteiger partial charge is 0.497 e. The molecule has 0 aromatic heterocycles. The first kappa shape index (κ1) is 35.0. The summed E-state index contributed by atoms with van der Waals surface area (Å²) in [4.78, 5) is 1.40. The standard InChI is InChI=1S/C42H42O7S/c1-27-8-15-33(16-9-27)50(43)40-23-28(2)22-39(47-6)41(40)34-17-14-32(44-3)25-30(34)12-10-29-11-18-37(45-4)35(24-29)36-26-31(13-19-38(36)46-5)42-48-20-7-21-49-42/h8-19,22-26,42H,7,20-21H2,1-6H3/b12-10+. The molecule has 8 heteroatoms. The second-order valence-electron chi connectivity index (χ2n) is 12.1. The summed E-state index contributed by atoms with van der Waals surface area (Å²) in [5.41, 5.74) is 8.15. The molecule has 1 fully saturated rings. The summed E-state index contributed by atoms with van der Waals surface area (Å²) in [5, 5.41) is 0. The van der Waals surface area contributed by atoms with Gasteiger partial charge in [0.2, 0.25) is 0 Å². The van der Waals surface area contributed by atoms with Gasteiger partial charge in [-0.1, -0.05) is 42.0 Å². The molecular formula is C42H42O7S. The van der Waals surface area contributed by atoms with Crippen molar-refractivity contribution in [2.75, 3.05) is 41.7 Å². The van der Waals surface area contributed by atoms with Gasteiger partial charge in [0, 0.05) is 27.1 Å². The highest BCUT2D eigenvalue weighted by molar-refractivity contribution is 7.85. The van der Waals surface area contributed by atoms with Crippen molar-refractivity contribution in [1.29, 1.82) is 0 Å². The number of aryl methyl sites for hydroxylation is 2. The van der Waals surface area contributed by atoms with E-state index in [1.54, 1.807) is 28.4 Å². The Kier molecular flexibility index (Phi) is 11.0. The van der Waals surface area contributed by atoms with E-state index in [9.17, 15) is 4.21 Å². The van der Waals surface area contributed by atoms with Gasteiger partial charge in [0.15, 0.2) is 6.29 Å². The van der Waals surface area contributed by atoms with Gasteiger partial charge in [-0.25, -0.2) is 4.21 Å². The van der Waals surface area contributed by atoms with E-state index in [0.29, 0.717) is 41.1 Å². The minimum Gasteiger partial charge on any atom is -0.497 e. The van der Waals surface area contributed by atoms with Crippen LogP contribution in [0.1, 0.15) is 40.5 Å². The first-order chi connectivity index (χ1) is 24.3. The molecule has 0 amide bonds. The maximum atomic E-state index is 14.2. The predicted molar refractivity (Wildman–Crippen MR) is 199 cm³/mol. The molecule has 0 spiro atoms. The molecule has 0 aliphatic carbocycles. The average Bonchev–Trinajstić information content (AvgIpc) is 3.16. The lowest BCUT2D eigenvalue weighted by atomic mass is 9.95. The molecule has 6 rings (SSSR count). The number of hydrogen-bond acceptors (Lipinski definition) is 7. The average molecular weight is 691 g/mol. The normalized spacial score (nSPS) is 14.0. The van der Waals surface area contributed by atoms with Crippen LogP contribution in [-0.4, -0.2) is 45.9 Å². The van der Waals surface area contributed by atoms with Crippen LogP contribution in [0, 0.1) is 13.8 Å². The Bertz CT molecular complexity index is 2030. The molecule has 258 valence electrons. The first-order valence-electron chi connectivity index (χ1n) is 16.5. The fraction of sp³-hybridized carbons (Fsp3) is 0.238. The lowest BCUT2D eigenvalue weighted by Crippen LogP contribution is -2.17. The van der Waals surface area contributed by atoms with E-state index in [0.717, 1.165) is 61.4 Å². The smallest absolute Gasteiger partial charge is 0.183 e. The van der Waals surface area contributed by atoms with Gasteiger partial charge in [-0.3, -0.25) is 0 Å². The van der Waals surface area contributed by atoms with Crippen LogP contribution in [0.2, 0.25) is 0 Å². The summed E-state index contributed by atoms with van der Waals surface area (Å²) in [6, 6.07) is 29.6. The summed E-state index contributed by atoms with van der Waals surface area (Å²) >= 11 is 0. The molecule has 1 aliphatic rings. The molecule has 0 radical (unpaired) electrons. The molecule has 0 saturated carbocycles. The number of ether oxygens (including phenoxy) is 6. The molecule has 1 saturated heterocycles. The Morgan fingerprint density at radius 3 is 2.00 bits per heavy atom. The van der Waals surface area contributed by atoms with Crippen LogP contribution in [0.25, 0.3) is 34.4 Å². The maximum absolute atomic E-state index is 14.2.